The number of aliphatic hydroxyl groups excluding tert-OH is 1. The fraction of sp³-hybridized carbons (Fsp3) is 0.538. The first-order valence-electron chi connectivity index (χ1n) is 12.7. The van der Waals surface area contributed by atoms with Crippen LogP contribution in [0.2, 0.25) is 0 Å². The third-order valence-electron chi connectivity index (χ3n) is 7.63. The van der Waals surface area contributed by atoms with E-state index in [2.05, 4.69) is 31.0 Å². The predicted octanol–water partition coefficient (Wildman–Crippen LogP) is 2.49. The van der Waals surface area contributed by atoms with Gasteiger partial charge >= 0.3 is 6.09 Å². The van der Waals surface area contributed by atoms with Gasteiger partial charge in [0.05, 0.1) is 31.4 Å². The zero-order valence-electron chi connectivity index (χ0n) is 20.6. The van der Waals surface area contributed by atoms with Gasteiger partial charge in [-0.2, -0.15) is 0 Å². The van der Waals surface area contributed by atoms with Crippen LogP contribution in [-0.4, -0.2) is 89.9 Å². The molecule has 0 radical (unpaired) electrons. The number of amides is 1. The number of methoxy groups -OCH3 is 1. The number of piperidine rings is 1. The van der Waals surface area contributed by atoms with Crippen LogP contribution in [0.15, 0.2) is 30.0 Å². The number of aromatic amines is 1. The highest BCUT2D eigenvalue weighted by molar-refractivity contribution is 5.80. The highest BCUT2D eigenvalue weighted by atomic mass is 19.1. The number of nitrogens with zero attached hydrogens (tertiary/aromatic N) is 2. The molecule has 3 fully saturated rings. The van der Waals surface area contributed by atoms with Crippen molar-refractivity contribution < 1.29 is 33.2 Å². The number of H-pyrrole nitrogens is 1. The number of hydrogen-bond acceptors (Lipinski definition) is 8. The minimum Gasteiger partial charge on any atom is -0.470 e. The van der Waals surface area contributed by atoms with Crippen molar-refractivity contribution in [1.29, 1.82) is 0 Å². The van der Waals surface area contributed by atoms with Crippen LogP contribution in [-0.2, 0) is 14.2 Å². The lowest BCUT2D eigenvalue weighted by atomic mass is 9.96. The van der Waals surface area contributed by atoms with Crippen LogP contribution in [0.1, 0.15) is 31.4 Å². The van der Waals surface area contributed by atoms with Gasteiger partial charge in [-0.1, -0.05) is 6.08 Å². The second-order valence-corrected chi connectivity index (χ2v) is 9.95. The number of carbonyl (C=O) groups excluding carboxylic acids is 1. The lowest BCUT2D eigenvalue weighted by Gasteiger charge is -2.36. The van der Waals surface area contributed by atoms with Crippen LogP contribution in [0.4, 0.5) is 9.18 Å². The molecule has 1 aliphatic carbocycles. The van der Waals surface area contributed by atoms with E-state index in [-0.39, 0.29) is 42.9 Å². The molecular formula is C26H31FN4O6. The number of ether oxygens (including phenoxy) is 4. The van der Waals surface area contributed by atoms with Crippen molar-refractivity contribution in [2.24, 2.45) is 0 Å². The number of aromatic nitrogens is 2. The monoisotopic (exact) mass is 514 g/mol. The Hall–Kier alpha value is -3.15. The number of rotatable bonds is 5. The maximum atomic E-state index is 15.1. The number of pyridine rings is 1. The van der Waals surface area contributed by atoms with Crippen LogP contribution in [0.5, 0.6) is 5.88 Å². The zero-order chi connectivity index (χ0) is 25.5. The van der Waals surface area contributed by atoms with E-state index >= 15 is 4.39 Å². The molecule has 0 aromatic carbocycles. The lowest BCUT2D eigenvalue weighted by Crippen LogP contribution is -2.44. The Bertz CT molecular complexity index is 1240. The molecule has 4 aliphatic rings. The topological polar surface area (TPSA) is 118 Å². The summed E-state index contributed by atoms with van der Waals surface area (Å²) in [4.78, 5) is 21.5. The second-order valence-electron chi connectivity index (χ2n) is 9.95. The largest absolute Gasteiger partial charge is 0.470 e. The van der Waals surface area contributed by atoms with Gasteiger partial charge in [0.15, 0.2) is 17.8 Å². The van der Waals surface area contributed by atoms with Crippen LogP contribution in [0.3, 0.4) is 0 Å². The van der Waals surface area contributed by atoms with Crippen LogP contribution in [0.25, 0.3) is 16.6 Å². The first-order valence-corrected chi connectivity index (χ1v) is 12.7. The minimum atomic E-state index is -0.645. The van der Waals surface area contributed by atoms with Crippen molar-refractivity contribution in [3.8, 4) is 5.88 Å². The van der Waals surface area contributed by atoms with Crippen molar-refractivity contribution in [3.63, 3.8) is 0 Å². The first kappa shape index (κ1) is 24.2. The van der Waals surface area contributed by atoms with Crippen molar-refractivity contribution in [3.05, 3.63) is 41.5 Å². The van der Waals surface area contributed by atoms with Gasteiger partial charge in [-0.15, -0.1) is 0 Å². The molecule has 5 heterocycles. The molecule has 6 rings (SSSR count). The Morgan fingerprint density at radius 2 is 2.00 bits per heavy atom. The maximum Gasteiger partial charge on any atom is 0.407 e. The highest BCUT2D eigenvalue weighted by Gasteiger charge is 2.48. The third-order valence-corrected chi connectivity index (χ3v) is 7.63. The molecule has 10 nitrogen and oxygen atoms in total. The van der Waals surface area contributed by atoms with E-state index in [1.807, 2.05) is 6.08 Å². The number of halogens is 1. The number of carbonyl (C=O) groups is 1. The van der Waals surface area contributed by atoms with E-state index in [1.165, 1.54) is 18.9 Å². The predicted molar refractivity (Wildman–Crippen MR) is 131 cm³/mol. The smallest absolute Gasteiger partial charge is 0.407 e. The van der Waals surface area contributed by atoms with E-state index in [9.17, 15) is 9.90 Å². The summed E-state index contributed by atoms with van der Waals surface area (Å²) in [5, 5.41) is 12.8. The molecule has 0 spiro atoms. The molecule has 1 amide bonds. The van der Waals surface area contributed by atoms with Gasteiger partial charge in [-0.05, 0) is 37.3 Å². The molecule has 3 saturated heterocycles. The Kier molecular flexibility index (Phi) is 6.51. The van der Waals surface area contributed by atoms with Crippen LogP contribution in [0, 0.1) is 5.82 Å². The van der Waals surface area contributed by atoms with Gasteiger partial charge in [0.1, 0.15) is 24.0 Å². The second kappa shape index (κ2) is 9.96. The van der Waals surface area contributed by atoms with Crippen LogP contribution < -0.4 is 10.1 Å². The molecule has 2 unspecified atom stereocenters. The third kappa shape index (κ3) is 4.78. The number of aliphatic hydroxyl groups is 1. The molecule has 2 aromatic heterocycles. The van der Waals surface area contributed by atoms with E-state index in [1.54, 1.807) is 6.07 Å². The van der Waals surface area contributed by atoms with Gasteiger partial charge < -0.3 is 39.3 Å². The fourth-order valence-corrected chi connectivity index (χ4v) is 5.63. The maximum absolute atomic E-state index is 15.1. The number of nitrogens with one attached hydrogen (secondary N) is 2. The standard InChI is InChI=1S/C26H31FN4O6/c1-34-26(33)28-15-6-8-31(9-7-15)16-4-2-14(3-5-16)23-17(27)10-18-19(30-23)11-22(29-18)37-21-13-36-24-20(32)12-35-25(21)24/h2,4,10-11,15,20-21,24-25,29,32H,3,5-9,12-13H2,1H3,(H,28,33)/t20-,21-,24?,25?/m1/s1. The Labute approximate surface area is 213 Å². The summed E-state index contributed by atoms with van der Waals surface area (Å²) in [7, 11) is 1.37. The quantitative estimate of drug-likeness (QED) is 0.557. The van der Waals surface area contributed by atoms with Gasteiger partial charge in [-0.3, -0.25) is 0 Å². The van der Waals surface area contributed by atoms with Crippen molar-refractivity contribution >= 4 is 22.7 Å². The summed E-state index contributed by atoms with van der Waals surface area (Å²) in [5.74, 6) is 0.0772. The molecule has 3 aliphatic heterocycles. The number of likely N-dealkylation sites (tertiary alicyclic amines) is 1. The van der Waals surface area contributed by atoms with E-state index in [0.717, 1.165) is 37.9 Å². The molecule has 198 valence electrons. The number of fused-ring (bicyclic) bond motifs is 2. The lowest BCUT2D eigenvalue weighted by molar-refractivity contribution is 0.00794. The van der Waals surface area contributed by atoms with Crippen molar-refractivity contribution in [2.45, 2.75) is 56.1 Å². The van der Waals surface area contributed by atoms with Gasteiger partial charge in [0.2, 0.25) is 0 Å². The Morgan fingerprint density at radius 3 is 2.76 bits per heavy atom. The average Bonchev–Trinajstić information content (AvgIpc) is 3.60. The summed E-state index contributed by atoms with van der Waals surface area (Å²) >= 11 is 0. The van der Waals surface area contributed by atoms with Gasteiger partial charge in [0.25, 0.3) is 0 Å². The fourth-order valence-electron chi connectivity index (χ4n) is 5.63. The van der Waals surface area contributed by atoms with E-state index < -0.39 is 6.10 Å². The molecule has 0 saturated carbocycles. The number of allylic oxidation sites excluding steroid dienone is 4. The first-order chi connectivity index (χ1) is 18.0. The number of alkyl carbamates (subject to hydrolysis) is 1. The molecule has 4 atom stereocenters. The normalized spacial score (nSPS) is 28.1. The molecule has 2 aromatic rings. The molecule has 37 heavy (non-hydrogen) atoms. The number of hydrogen-bond donors (Lipinski definition) is 3. The summed E-state index contributed by atoms with van der Waals surface area (Å²) < 4.78 is 37.0. The summed E-state index contributed by atoms with van der Waals surface area (Å²) in [6, 6.07) is 3.33. The zero-order valence-corrected chi connectivity index (χ0v) is 20.6. The minimum absolute atomic E-state index is 0.124. The average molecular weight is 515 g/mol. The molecule has 0 bridgehead atoms. The Morgan fingerprint density at radius 1 is 1.19 bits per heavy atom. The highest BCUT2D eigenvalue weighted by Crippen LogP contribution is 2.33. The van der Waals surface area contributed by atoms with Crippen molar-refractivity contribution in [2.75, 3.05) is 33.4 Å². The molecular weight excluding hydrogens is 483 g/mol. The summed E-state index contributed by atoms with van der Waals surface area (Å²) in [5.41, 5.74) is 3.59. The van der Waals surface area contributed by atoms with E-state index in [4.69, 9.17) is 14.2 Å². The summed E-state index contributed by atoms with van der Waals surface area (Å²) in [6.07, 6.45) is 5.12. The van der Waals surface area contributed by atoms with Crippen LogP contribution >= 0.6 is 0 Å². The van der Waals surface area contributed by atoms with Crippen molar-refractivity contribution in [1.82, 2.24) is 20.2 Å². The van der Waals surface area contributed by atoms with Gasteiger partial charge in [-0.25, -0.2) is 14.2 Å². The molecule has 3 N–H and O–H groups in total. The Balaban J connectivity index is 1.13. The van der Waals surface area contributed by atoms with E-state index in [0.29, 0.717) is 35.6 Å². The SMILES string of the molecule is COC(=O)NC1CCN(C2=CC=C(c3nc4cc(O[C@@H]5COC6C5OC[C@H]6O)[nH]c4cc3F)CC2)CC1. The summed E-state index contributed by atoms with van der Waals surface area (Å²) in [6.45, 7) is 2.25. The van der Waals surface area contributed by atoms with Gasteiger partial charge in [0, 0.05) is 37.0 Å². The molecule has 11 heteroatoms.